The van der Waals surface area contributed by atoms with E-state index in [1.165, 1.54) is 17.7 Å². The molecule has 0 aromatic heterocycles. The summed E-state index contributed by atoms with van der Waals surface area (Å²) < 4.78 is 45.0. The van der Waals surface area contributed by atoms with Crippen LogP contribution in [0.5, 0.6) is 11.5 Å². The van der Waals surface area contributed by atoms with E-state index in [9.17, 15) is 13.2 Å². The van der Waals surface area contributed by atoms with Gasteiger partial charge in [-0.25, -0.2) is 0 Å². The van der Waals surface area contributed by atoms with Gasteiger partial charge in [-0.2, -0.15) is 32.0 Å². The molecule has 4 aromatic carbocycles. The summed E-state index contributed by atoms with van der Waals surface area (Å²) >= 11 is 0. The number of nitrogens with zero attached hydrogens (tertiary/aromatic N) is 4. The summed E-state index contributed by atoms with van der Waals surface area (Å²) in [7, 11) is 2.06. The van der Waals surface area contributed by atoms with Crippen LogP contribution in [0.4, 0.5) is 35.9 Å². The number of para-hydroxylation sites is 1. The number of fused-ring (bicyclic) bond motifs is 1. The molecule has 0 fully saturated rings. The van der Waals surface area contributed by atoms with Gasteiger partial charge in [0.25, 0.3) is 0 Å². The first kappa shape index (κ1) is 29.7. The van der Waals surface area contributed by atoms with Crippen molar-refractivity contribution in [3.63, 3.8) is 0 Å². The summed E-state index contributed by atoms with van der Waals surface area (Å²) in [6, 6.07) is 31.3. The standard InChI is InChI=1S/C33H27F3N4O.Pt/c1-32(2)30-12-4-5-13-31(30)40(22-37(32)3)27-9-7-11-29(21-27)41-28-10-6-8-26(20-28)39-19-18-38(23-39)25-16-14-24(15-17-25)33(34,35)36;/h4-19,22-23H,1-3H3;/q-4;+4. The number of anilines is 4. The zero-order valence-corrected chi connectivity index (χ0v) is 25.3. The average molecular weight is 748 g/mol. The van der Waals surface area contributed by atoms with Gasteiger partial charge in [-0.15, -0.1) is 54.4 Å². The minimum Gasteiger partial charge on any atom is -0.509 e. The fourth-order valence-electron chi connectivity index (χ4n) is 4.84. The van der Waals surface area contributed by atoms with Gasteiger partial charge in [0.2, 0.25) is 0 Å². The molecule has 42 heavy (non-hydrogen) atoms. The Bertz CT molecular complexity index is 1590. The molecule has 0 saturated carbocycles. The van der Waals surface area contributed by atoms with Crippen molar-refractivity contribution in [2.45, 2.75) is 25.6 Å². The smallest absolute Gasteiger partial charge is 0.509 e. The van der Waals surface area contributed by atoms with Crippen molar-refractivity contribution in [1.29, 1.82) is 0 Å². The molecule has 4 aromatic rings. The number of ether oxygens (including phenoxy) is 1. The van der Waals surface area contributed by atoms with Crippen LogP contribution in [0.2, 0.25) is 0 Å². The first-order valence-electron chi connectivity index (χ1n) is 13.1. The zero-order chi connectivity index (χ0) is 28.8. The third-order valence-electron chi connectivity index (χ3n) is 7.39. The molecule has 6 rings (SSSR count). The quantitative estimate of drug-likeness (QED) is 0.191. The number of halogens is 3. The van der Waals surface area contributed by atoms with Gasteiger partial charge in [-0.1, -0.05) is 18.2 Å². The monoisotopic (exact) mass is 747 g/mol. The van der Waals surface area contributed by atoms with Gasteiger partial charge in [0.15, 0.2) is 0 Å². The average Bonchev–Trinajstić information content (AvgIpc) is 3.46. The van der Waals surface area contributed by atoms with Crippen molar-refractivity contribution in [1.82, 2.24) is 4.90 Å². The second-order valence-corrected chi connectivity index (χ2v) is 10.3. The van der Waals surface area contributed by atoms with Crippen molar-refractivity contribution >= 4 is 22.7 Å². The largest absolute Gasteiger partial charge is 4.00 e. The molecule has 0 unspecified atom stereocenters. The van der Waals surface area contributed by atoms with Crippen LogP contribution in [0, 0.1) is 25.5 Å². The number of hydrogen-bond donors (Lipinski definition) is 0. The minimum absolute atomic E-state index is 0. The molecule has 0 radical (unpaired) electrons. The molecule has 0 aliphatic carbocycles. The van der Waals surface area contributed by atoms with Crippen molar-refractivity contribution in [3.05, 3.63) is 134 Å². The summed E-state index contributed by atoms with van der Waals surface area (Å²) in [6.45, 7) is 8.23. The van der Waals surface area contributed by atoms with Gasteiger partial charge in [0.1, 0.15) is 0 Å². The predicted octanol–water partition coefficient (Wildman–Crippen LogP) is 8.45. The van der Waals surface area contributed by atoms with E-state index in [0.717, 1.165) is 23.5 Å². The Balaban J connectivity index is 0.00000353. The summed E-state index contributed by atoms with van der Waals surface area (Å²) in [4.78, 5) is 7.85. The molecule has 5 nitrogen and oxygen atoms in total. The molecule has 0 amide bonds. The van der Waals surface area contributed by atoms with Crippen LogP contribution in [0.1, 0.15) is 25.0 Å². The van der Waals surface area contributed by atoms with Crippen LogP contribution in [-0.2, 0) is 32.8 Å². The molecule has 0 spiro atoms. The van der Waals surface area contributed by atoms with E-state index < -0.39 is 11.7 Å². The van der Waals surface area contributed by atoms with E-state index in [1.807, 2.05) is 53.6 Å². The third-order valence-corrected chi connectivity index (χ3v) is 7.39. The summed E-state index contributed by atoms with van der Waals surface area (Å²) in [5, 5.41) is 0. The van der Waals surface area contributed by atoms with Gasteiger partial charge in [-0.05, 0) is 69.2 Å². The van der Waals surface area contributed by atoms with E-state index in [4.69, 9.17) is 4.74 Å². The molecular weight excluding hydrogens is 720 g/mol. The van der Waals surface area contributed by atoms with Crippen molar-refractivity contribution in [2.75, 3.05) is 21.7 Å². The normalized spacial score (nSPS) is 16.3. The molecular formula is C33H27F3N4OPt. The molecule has 2 aliphatic rings. The molecule has 216 valence electrons. The Morgan fingerprint density at radius 3 is 2.05 bits per heavy atom. The van der Waals surface area contributed by atoms with Crippen molar-refractivity contribution in [2.24, 2.45) is 0 Å². The van der Waals surface area contributed by atoms with E-state index in [0.29, 0.717) is 22.9 Å². The topological polar surface area (TPSA) is 22.2 Å². The molecule has 2 aliphatic heterocycles. The maximum absolute atomic E-state index is 12.9. The van der Waals surface area contributed by atoms with Gasteiger partial charge in [0.05, 0.1) is 5.56 Å². The molecule has 9 heteroatoms. The number of hydrogen-bond acceptors (Lipinski definition) is 5. The maximum atomic E-state index is 12.9. The molecule has 0 N–H and O–H groups in total. The van der Waals surface area contributed by atoms with E-state index >= 15 is 0 Å². The molecule has 0 bridgehead atoms. The first-order chi connectivity index (χ1) is 19.6. The SMILES string of the molecule is CN1[CH-]N(c2[c-]c(Oc3[c-]c(N4C=CN(c5ccc(C(F)(F)F)cc5)[CH-]4)ccc3)ccc2)c2ccccc2C1(C)C.[Pt+4]. The number of benzene rings is 4. The minimum atomic E-state index is -4.37. The van der Waals surface area contributed by atoms with Crippen LogP contribution < -0.4 is 19.4 Å². The summed E-state index contributed by atoms with van der Waals surface area (Å²) in [5.41, 5.74) is 3.64. The summed E-state index contributed by atoms with van der Waals surface area (Å²) in [6.07, 6.45) is -0.792. The Labute approximate surface area is 258 Å². The van der Waals surface area contributed by atoms with Crippen LogP contribution >= 0.6 is 0 Å². The Hall–Kier alpha value is -3.74. The Morgan fingerprint density at radius 2 is 1.36 bits per heavy atom. The fraction of sp³-hybridized carbons (Fsp3) is 0.152. The fourth-order valence-corrected chi connectivity index (χ4v) is 4.84. The van der Waals surface area contributed by atoms with E-state index in [-0.39, 0.29) is 26.6 Å². The molecule has 2 heterocycles. The molecule has 0 saturated heterocycles. The van der Waals surface area contributed by atoms with Crippen LogP contribution in [0.25, 0.3) is 0 Å². The molecule has 0 atom stereocenters. The predicted molar refractivity (Wildman–Crippen MR) is 154 cm³/mol. The van der Waals surface area contributed by atoms with E-state index in [1.54, 1.807) is 17.8 Å². The van der Waals surface area contributed by atoms with Crippen LogP contribution in [0.15, 0.2) is 97.3 Å². The van der Waals surface area contributed by atoms with Crippen LogP contribution in [-0.4, -0.2) is 11.9 Å². The van der Waals surface area contributed by atoms with Crippen molar-refractivity contribution < 1.29 is 39.0 Å². The van der Waals surface area contributed by atoms with E-state index in [2.05, 4.69) is 67.7 Å². The van der Waals surface area contributed by atoms with Gasteiger partial charge in [0, 0.05) is 28.4 Å². The third kappa shape index (κ3) is 5.79. The Morgan fingerprint density at radius 1 is 0.738 bits per heavy atom. The second-order valence-electron chi connectivity index (χ2n) is 10.3. The zero-order valence-electron chi connectivity index (χ0n) is 23.0. The van der Waals surface area contributed by atoms with Crippen LogP contribution in [0.3, 0.4) is 0 Å². The van der Waals surface area contributed by atoms with Crippen molar-refractivity contribution in [3.8, 4) is 11.5 Å². The van der Waals surface area contributed by atoms with Gasteiger partial charge in [-0.3, -0.25) is 0 Å². The maximum Gasteiger partial charge on any atom is 4.00 e. The van der Waals surface area contributed by atoms with Gasteiger partial charge >= 0.3 is 27.2 Å². The summed E-state index contributed by atoms with van der Waals surface area (Å²) in [5.74, 6) is 1.05. The first-order valence-corrected chi connectivity index (χ1v) is 13.1. The number of alkyl halides is 3. The second kappa shape index (κ2) is 11.5. The van der Waals surface area contributed by atoms with Gasteiger partial charge < -0.3 is 24.3 Å². The Kier molecular flexibility index (Phi) is 8.14. The number of rotatable bonds is 5.